The molecule has 0 spiro atoms. The molecule has 0 aromatic rings. The summed E-state index contributed by atoms with van der Waals surface area (Å²) in [6.45, 7) is 6.46. The number of amides is 1. The summed E-state index contributed by atoms with van der Waals surface area (Å²) in [6.07, 6.45) is 8.48. The summed E-state index contributed by atoms with van der Waals surface area (Å²) in [5.74, 6) is 0.289. The highest BCUT2D eigenvalue weighted by Gasteiger charge is 2.34. The minimum Gasteiger partial charge on any atom is -0.343 e. The molecule has 0 atom stereocenters. The molecular formula is C15H28N2O. The number of hydrogen-bond acceptors (Lipinski definition) is 2. The van der Waals surface area contributed by atoms with Crippen LogP contribution in [0.2, 0.25) is 0 Å². The summed E-state index contributed by atoms with van der Waals surface area (Å²) in [5.41, 5.74) is 6.51. The van der Waals surface area contributed by atoms with E-state index in [-0.39, 0.29) is 11.4 Å². The number of hydrogen-bond donors (Lipinski definition) is 1. The van der Waals surface area contributed by atoms with Crippen molar-refractivity contribution >= 4 is 5.91 Å². The molecule has 3 nitrogen and oxygen atoms in total. The summed E-state index contributed by atoms with van der Waals surface area (Å²) >= 11 is 0. The topological polar surface area (TPSA) is 46.3 Å². The standard InChI is InChI=1S/C15H28N2O/c1-14(2)6-5-10-17(11-9-14)13(18)12-15(16)7-3-4-8-15/h3-12,16H2,1-2H3. The molecule has 1 saturated carbocycles. The van der Waals surface area contributed by atoms with Crippen LogP contribution in [0.5, 0.6) is 0 Å². The lowest BCUT2D eigenvalue weighted by molar-refractivity contribution is -0.132. The van der Waals surface area contributed by atoms with Crippen molar-refractivity contribution in [2.45, 2.75) is 70.8 Å². The Balaban J connectivity index is 1.89. The minimum absolute atomic E-state index is 0.196. The summed E-state index contributed by atoms with van der Waals surface area (Å²) in [7, 11) is 0. The van der Waals surface area contributed by atoms with Crippen molar-refractivity contribution in [3.05, 3.63) is 0 Å². The van der Waals surface area contributed by atoms with Crippen molar-refractivity contribution in [2.24, 2.45) is 11.1 Å². The van der Waals surface area contributed by atoms with Gasteiger partial charge in [0.1, 0.15) is 0 Å². The van der Waals surface area contributed by atoms with Crippen LogP contribution in [0.25, 0.3) is 0 Å². The molecule has 0 bridgehead atoms. The second-order valence-corrected chi connectivity index (χ2v) is 7.14. The van der Waals surface area contributed by atoms with Crippen molar-refractivity contribution in [2.75, 3.05) is 13.1 Å². The van der Waals surface area contributed by atoms with E-state index < -0.39 is 0 Å². The third kappa shape index (κ3) is 3.47. The summed E-state index contributed by atoms with van der Waals surface area (Å²) < 4.78 is 0. The Hall–Kier alpha value is -0.570. The van der Waals surface area contributed by atoms with Crippen molar-refractivity contribution in [3.63, 3.8) is 0 Å². The average Bonchev–Trinajstić information content (AvgIpc) is 2.60. The molecule has 0 unspecified atom stereocenters. The summed E-state index contributed by atoms with van der Waals surface area (Å²) in [4.78, 5) is 14.4. The van der Waals surface area contributed by atoms with Gasteiger partial charge >= 0.3 is 0 Å². The first kappa shape index (κ1) is 13.9. The largest absolute Gasteiger partial charge is 0.343 e. The van der Waals surface area contributed by atoms with Gasteiger partial charge in [-0.2, -0.15) is 0 Å². The third-order valence-corrected chi connectivity index (χ3v) is 4.80. The normalized spacial score (nSPS) is 26.9. The Bertz CT molecular complexity index is 306. The van der Waals surface area contributed by atoms with E-state index in [0.29, 0.717) is 11.8 Å². The van der Waals surface area contributed by atoms with Gasteiger partial charge in [0, 0.05) is 25.0 Å². The fourth-order valence-corrected chi connectivity index (χ4v) is 3.34. The zero-order valence-corrected chi connectivity index (χ0v) is 12.0. The number of carbonyl (C=O) groups is 1. The smallest absolute Gasteiger partial charge is 0.224 e. The van der Waals surface area contributed by atoms with Gasteiger partial charge < -0.3 is 10.6 Å². The number of nitrogens with two attached hydrogens (primary N) is 1. The van der Waals surface area contributed by atoms with Crippen LogP contribution in [0, 0.1) is 5.41 Å². The van der Waals surface area contributed by atoms with E-state index in [1.165, 1.54) is 19.3 Å². The van der Waals surface area contributed by atoms with Crippen LogP contribution in [0.15, 0.2) is 0 Å². The molecule has 2 N–H and O–H groups in total. The van der Waals surface area contributed by atoms with E-state index in [2.05, 4.69) is 18.7 Å². The molecule has 1 saturated heterocycles. The van der Waals surface area contributed by atoms with E-state index in [1.807, 2.05) is 0 Å². The van der Waals surface area contributed by atoms with E-state index in [9.17, 15) is 4.79 Å². The van der Waals surface area contributed by atoms with Crippen LogP contribution in [0.4, 0.5) is 0 Å². The van der Waals surface area contributed by atoms with Crippen LogP contribution < -0.4 is 5.73 Å². The first-order valence-corrected chi connectivity index (χ1v) is 7.47. The van der Waals surface area contributed by atoms with Crippen molar-refractivity contribution in [3.8, 4) is 0 Å². The maximum absolute atomic E-state index is 12.4. The fraction of sp³-hybridized carbons (Fsp3) is 0.933. The predicted molar refractivity (Wildman–Crippen MR) is 74.2 cm³/mol. The Labute approximate surface area is 111 Å². The molecule has 3 heteroatoms. The zero-order chi connectivity index (χ0) is 13.2. The maximum atomic E-state index is 12.4. The molecular weight excluding hydrogens is 224 g/mol. The monoisotopic (exact) mass is 252 g/mol. The Morgan fingerprint density at radius 2 is 1.72 bits per heavy atom. The lowest BCUT2D eigenvalue weighted by Crippen LogP contribution is -2.44. The lowest BCUT2D eigenvalue weighted by atomic mass is 9.85. The van der Waals surface area contributed by atoms with Crippen LogP contribution in [-0.2, 0) is 4.79 Å². The van der Waals surface area contributed by atoms with E-state index in [1.54, 1.807) is 0 Å². The molecule has 1 amide bonds. The number of rotatable bonds is 2. The van der Waals surface area contributed by atoms with Crippen LogP contribution in [0.1, 0.15) is 65.2 Å². The van der Waals surface area contributed by atoms with Crippen LogP contribution in [-0.4, -0.2) is 29.4 Å². The van der Waals surface area contributed by atoms with Crippen molar-refractivity contribution in [1.29, 1.82) is 0 Å². The van der Waals surface area contributed by atoms with Crippen molar-refractivity contribution in [1.82, 2.24) is 4.90 Å². The van der Waals surface area contributed by atoms with Crippen LogP contribution in [0.3, 0.4) is 0 Å². The second kappa shape index (κ2) is 5.20. The molecule has 2 aliphatic rings. The second-order valence-electron chi connectivity index (χ2n) is 7.14. The van der Waals surface area contributed by atoms with Gasteiger partial charge in [0.25, 0.3) is 0 Å². The zero-order valence-electron chi connectivity index (χ0n) is 12.0. The van der Waals surface area contributed by atoms with Crippen molar-refractivity contribution < 1.29 is 4.79 Å². The Morgan fingerprint density at radius 1 is 1.06 bits per heavy atom. The molecule has 1 aliphatic heterocycles. The van der Waals surface area contributed by atoms with Gasteiger partial charge in [-0.05, 0) is 37.5 Å². The molecule has 0 radical (unpaired) electrons. The highest BCUT2D eigenvalue weighted by atomic mass is 16.2. The summed E-state index contributed by atoms with van der Waals surface area (Å²) in [6, 6.07) is 0. The minimum atomic E-state index is -0.196. The van der Waals surface area contributed by atoms with Gasteiger partial charge in [0.05, 0.1) is 0 Å². The van der Waals surface area contributed by atoms with E-state index in [4.69, 9.17) is 5.73 Å². The molecule has 104 valence electrons. The SMILES string of the molecule is CC1(C)CCCN(C(=O)CC2(N)CCCC2)CC1. The molecule has 0 aromatic heterocycles. The van der Waals surface area contributed by atoms with E-state index in [0.717, 1.165) is 38.8 Å². The molecule has 18 heavy (non-hydrogen) atoms. The van der Waals surface area contributed by atoms with Gasteiger partial charge in [-0.15, -0.1) is 0 Å². The molecule has 2 fully saturated rings. The summed E-state index contributed by atoms with van der Waals surface area (Å²) in [5, 5.41) is 0. The first-order valence-electron chi connectivity index (χ1n) is 7.47. The van der Waals surface area contributed by atoms with Crippen LogP contribution >= 0.6 is 0 Å². The highest BCUT2D eigenvalue weighted by Crippen LogP contribution is 2.33. The fourth-order valence-electron chi connectivity index (χ4n) is 3.34. The number of carbonyl (C=O) groups excluding carboxylic acids is 1. The average molecular weight is 252 g/mol. The maximum Gasteiger partial charge on any atom is 0.224 e. The number of likely N-dealkylation sites (tertiary alicyclic amines) is 1. The van der Waals surface area contributed by atoms with Gasteiger partial charge in [0.2, 0.25) is 5.91 Å². The Kier molecular flexibility index (Phi) is 4.00. The molecule has 2 rings (SSSR count). The third-order valence-electron chi connectivity index (χ3n) is 4.80. The predicted octanol–water partition coefficient (Wildman–Crippen LogP) is 2.69. The van der Waals surface area contributed by atoms with Gasteiger partial charge in [-0.25, -0.2) is 0 Å². The van der Waals surface area contributed by atoms with Gasteiger partial charge in [0.15, 0.2) is 0 Å². The molecule has 1 heterocycles. The quantitative estimate of drug-likeness (QED) is 0.821. The van der Waals surface area contributed by atoms with E-state index >= 15 is 0 Å². The van der Waals surface area contributed by atoms with Gasteiger partial charge in [-0.3, -0.25) is 4.79 Å². The van der Waals surface area contributed by atoms with Gasteiger partial charge in [-0.1, -0.05) is 26.7 Å². The first-order chi connectivity index (χ1) is 8.40. The Morgan fingerprint density at radius 3 is 2.39 bits per heavy atom. The molecule has 1 aliphatic carbocycles. The number of nitrogens with zero attached hydrogens (tertiary/aromatic N) is 1. The lowest BCUT2D eigenvalue weighted by Gasteiger charge is -2.28. The highest BCUT2D eigenvalue weighted by molar-refractivity contribution is 5.77. The molecule has 0 aromatic carbocycles.